The molecule has 0 aliphatic rings. The van der Waals surface area contributed by atoms with E-state index in [-0.39, 0.29) is 38.3 Å². The number of carbonyl (C=O) groups excluding carboxylic acids is 6. The molecule has 0 saturated carbocycles. The van der Waals surface area contributed by atoms with E-state index >= 15 is 0 Å². The second kappa shape index (κ2) is 34.7. The minimum Gasteiger partial charge on any atom is -0.548 e. The van der Waals surface area contributed by atoms with Crippen LogP contribution in [0.15, 0.2) is 55.8 Å². The Balaban J connectivity index is -0.000000267. The Morgan fingerprint density at radius 3 is 0.846 bits per heavy atom. The summed E-state index contributed by atoms with van der Waals surface area (Å²) in [7, 11) is 0. The molecule has 21 nitrogen and oxygen atoms in total. The molecule has 0 bridgehead atoms. The first kappa shape index (κ1) is 54.1. The van der Waals surface area contributed by atoms with E-state index in [0.717, 1.165) is 18.2 Å². The summed E-state index contributed by atoms with van der Waals surface area (Å²) in [5, 5.41) is 58.5. The van der Waals surface area contributed by atoms with Gasteiger partial charge in [-0.05, 0) is 36.5 Å². The number of aromatic amines is 3. The van der Waals surface area contributed by atoms with Crippen LogP contribution in [0.1, 0.15) is 17.1 Å². The smallest absolute Gasteiger partial charge is 0.0924 e. The number of nitrogens with two attached hydrogens (primary N) is 3. The Labute approximate surface area is 326 Å². The first-order chi connectivity index (χ1) is 23.9. The van der Waals surface area contributed by atoms with Crippen LogP contribution in [0.5, 0.6) is 0 Å². The van der Waals surface area contributed by atoms with Crippen LogP contribution in [0.3, 0.4) is 0 Å². The standard InChI is InChI=1S/3C6H6N2O2.3C3H7NO2S.Mo/c3*9-6(10)2-1-5-3-7-4-8-5;3*4-2(1-7)3(5)6;/h3*1-4H,(H,7,8)(H,9,10);3*2,7H,1,4H2,(H,5,6);/p-6/t;;;3*2-;/m...000./s1. The fourth-order valence-electron chi connectivity index (χ4n) is 1.77. The van der Waals surface area contributed by atoms with Crippen molar-refractivity contribution in [3.05, 3.63) is 72.9 Å². The Hall–Kier alpha value is -4.71. The van der Waals surface area contributed by atoms with Crippen molar-refractivity contribution in [2.75, 3.05) is 17.3 Å². The van der Waals surface area contributed by atoms with Crippen molar-refractivity contribution in [3.63, 3.8) is 0 Å². The van der Waals surface area contributed by atoms with Crippen molar-refractivity contribution in [2.45, 2.75) is 18.1 Å². The Morgan fingerprint density at radius 1 is 0.538 bits per heavy atom. The summed E-state index contributed by atoms with van der Waals surface area (Å²) in [5.41, 5.74) is 16.6. The molecule has 25 heteroatoms. The van der Waals surface area contributed by atoms with Crippen LogP contribution in [0.2, 0.25) is 0 Å². The van der Waals surface area contributed by atoms with Gasteiger partial charge in [-0.3, -0.25) is 0 Å². The predicted octanol–water partition coefficient (Wildman–Crippen LogP) is -8.50. The molecular weight excluding hydrogens is 834 g/mol. The normalized spacial score (nSPS) is 11.4. The van der Waals surface area contributed by atoms with Crippen molar-refractivity contribution in [1.82, 2.24) is 29.9 Å². The van der Waals surface area contributed by atoms with Gasteiger partial charge in [-0.2, -0.15) is 37.9 Å². The molecular formula is C27H33MoN9O12S3-6. The van der Waals surface area contributed by atoms with Crippen LogP contribution in [0.25, 0.3) is 18.2 Å². The van der Waals surface area contributed by atoms with Crippen LogP contribution >= 0.6 is 37.9 Å². The van der Waals surface area contributed by atoms with E-state index in [2.05, 4.69) is 67.8 Å². The maximum absolute atomic E-state index is 9.86. The maximum atomic E-state index is 9.86. The van der Waals surface area contributed by atoms with Crippen molar-refractivity contribution < 1.29 is 80.5 Å². The van der Waals surface area contributed by atoms with E-state index < -0.39 is 53.9 Å². The van der Waals surface area contributed by atoms with Gasteiger partial charge in [-0.25, -0.2) is 15.0 Å². The second-order valence-corrected chi connectivity index (χ2v) is 9.40. The summed E-state index contributed by atoms with van der Waals surface area (Å²) >= 11 is 10.8. The molecule has 0 radical (unpaired) electrons. The van der Waals surface area contributed by atoms with Crippen molar-refractivity contribution in [1.29, 1.82) is 0 Å². The number of imidazole rings is 3. The Morgan fingerprint density at radius 2 is 0.750 bits per heavy atom. The van der Waals surface area contributed by atoms with Gasteiger partial charge in [0.15, 0.2) is 0 Å². The minimum atomic E-state index is -1.25. The van der Waals surface area contributed by atoms with Crippen LogP contribution in [0.4, 0.5) is 0 Å². The van der Waals surface area contributed by atoms with E-state index in [4.69, 9.17) is 17.2 Å². The number of aliphatic carboxylic acids is 6. The predicted molar refractivity (Wildman–Crippen MR) is 178 cm³/mol. The quantitative estimate of drug-likeness (QED) is 0.0464. The largest absolute Gasteiger partial charge is 0.548 e. The number of carbonyl (C=O) groups is 6. The number of nitrogens with zero attached hydrogens (tertiary/aromatic N) is 3. The number of hydrogen-bond acceptors (Lipinski definition) is 21. The summed E-state index contributed by atoms with van der Waals surface area (Å²) in [4.78, 5) is 77.7. The second-order valence-electron chi connectivity index (χ2n) is 8.30. The van der Waals surface area contributed by atoms with Crippen molar-refractivity contribution in [2.24, 2.45) is 17.2 Å². The number of aromatic nitrogens is 6. The molecule has 0 saturated heterocycles. The number of carboxylic acids is 6. The Kier molecular flexibility index (Phi) is 36.1. The molecule has 3 aromatic rings. The average Bonchev–Trinajstić information content (AvgIpc) is 3.90. The summed E-state index contributed by atoms with van der Waals surface area (Å²) in [6, 6.07) is -2.78. The fraction of sp³-hybridized carbons (Fsp3) is 0.222. The van der Waals surface area contributed by atoms with Gasteiger partial charge in [0.05, 0.1) is 109 Å². The third-order valence-corrected chi connectivity index (χ3v) is 5.43. The van der Waals surface area contributed by atoms with Gasteiger partial charge in [-0.15, -0.1) is 0 Å². The minimum absolute atomic E-state index is 0. The molecule has 3 aromatic heterocycles. The first-order valence-corrected chi connectivity index (χ1v) is 15.1. The van der Waals surface area contributed by atoms with E-state index in [1.165, 1.54) is 55.8 Å². The zero-order chi connectivity index (χ0) is 39.8. The summed E-state index contributed by atoms with van der Waals surface area (Å²) < 4.78 is 0. The van der Waals surface area contributed by atoms with Gasteiger partial charge in [0.1, 0.15) is 0 Å². The van der Waals surface area contributed by atoms with E-state index in [0.29, 0.717) is 17.1 Å². The number of rotatable bonds is 12. The fourth-order valence-corrected chi connectivity index (χ4v) is 2.22. The van der Waals surface area contributed by atoms with Gasteiger partial charge < -0.3 is 91.6 Å². The molecule has 0 aliphatic heterocycles. The molecule has 3 atom stereocenters. The van der Waals surface area contributed by atoms with Crippen LogP contribution in [-0.2, 0) is 49.8 Å². The summed E-state index contributed by atoms with van der Waals surface area (Å²) in [5.74, 6) is -7.02. The maximum Gasteiger partial charge on any atom is 0.0924 e. The molecule has 9 N–H and O–H groups in total. The van der Waals surface area contributed by atoms with Crippen molar-refractivity contribution >= 4 is 91.9 Å². The molecule has 3 heterocycles. The van der Waals surface area contributed by atoms with Gasteiger partial charge in [0.25, 0.3) is 0 Å². The van der Waals surface area contributed by atoms with Gasteiger partial charge in [0.2, 0.25) is 0 Å². The molecule has 288 valence electrons. The molecule has 52 heavy (non-hydrogen) atoms. The number of thiol groups is 3. The summed E-state index contributed by atoms with van der Waals surface area (Å²) in [6.07, 6.45) is 15.9. The molecule has 0 aliphatic carbocycles. The molecule has 0 fully saturated rings. The number of carboxylic acid groups (broad SMARTS) is 6. The van der Waals surface area contributed by atoms with Gasteiger partial charge in [0, 0.05) is 38.3 Å². The van der Waals surface area contributed by atoms with Crippen LogP contribution in [-0.4, -0.2) is 101 Å². The molecule has 0 aromatic carbocycles. The SMILES string of the molecule is N[C@@H](CS)C(=O)[O-].N[C@@H](CS)C(=O)[O-].N[C@@H](CS)C(=O)[O-].O=C([O-])C=Cc1cnc[nH]1.O=C([O-])C=Cc1cnc[nH]1.O=C([O-])C=Cc1cnc[nH]1.[Mo]. The molecule has 0 spiro atoms. The van der Waals surface area contributed by atoms with Gasteiger partial charge in [-0.1, -0.05) is 0 Å². The third kappa shape index (κ3) is 36.6. The van der Waals surface area contributed by atoms with Crippen LogP contribution < -0.4 is 47.8 Å². The number of hydrogen-bond donors (Lipinski definition) is 9. The molecule has 0 amide bonds. The zero-order valence-electron chi connectivity index (χ0n) is 26.5. The number of H-pyrrole nitrogens is 3. The zero-order valence-corrected chi connectivity index (χ0v) is 31.2. The first-order valence-electron chi connectivity index (χ1n) is 13.3. The molecule has 3 rings (SSSR count). The Bertz CT molecular complexity index is 1320. The topological polar surface area (TPSA) is 405 Å². The molecule has 0 unspecified atom stereocenters. The van der Waals surface area contributed by atoms with E-state index in [9.17, 15) is 59.4 Å². The van der Waals surface area contributed by atoms with E-state index in [1.807, 2.05) is 0 Å². The average molecular weight is 868 g/mol. The van der Waals surface area contributed by atoms with E-state index in [1.54, 1.807) is 0 Å². The monoisotopic (exact) mass is 869 g/mol. The number of nitrogens with one attached hydrogen (secondary N) is 3. The summed E-state index contributed by atoms with van der Waals surface area (Å²) in [6.45, 7) is 0. The third-order valence-electron chi connectivity index (χ3n) is 4.25. The van der Waals surface area contributed by atoms with Crippen molar-refractivity contribution in [3.8, 4) is 0 Å². The van der Waals surface area contributed by atoms with Crippen LogP contribution in [0, 0.1) is 0 Å². The van der Waals surface area contributed by atoms with Gasteiger partial charge >= 0.3 is 0 Å².